The first-order valence-corrected chi connectivity index (χ1v) is 6.31. The molecule has 0 spiro atoms. The molecule has 0 amide bonds. The fourth-order valence-electron chi connectivity index (χ4n) is 1.88. The standard InChI is InChI=1S/C11H13NO3S/c13-11-7-16-6-9(11)4-8-2-1-3-10(5-8)12(14)15/h1-3,5,9,11,13H,4,6-7H2. The van der Waals surface area contributed by atoms with Crippen molar-refractivity contribution in [3.8, 4) is 0 Å². The fraction of sp³-hybridized carbons (Fsp3) is 0.455. The van der Waals surface area contributed by atoms with Crippen LogP contribution in [-0.4, -0.2) is 27.6 Å². The van der Waals surface area contributed by atoms with Crippen molar-refractivity contribution >= 4 is 17.4 Å². The quantitative estimate of drug-likeness (QED) is 0.646. The molecule has 0 aromatic heterocycles. The molecule has 0 bridgehead atoms. The zero-order valence-corrected chi connectivity index (χ0v) is 9.52. The van der Waals surface area contributed by atoms with E-state index in [0.717, 1.165) is 23.5 Å². The smallest absolute Gasteiger partial charge is 0.269 e. The van der Waals surface area contributed by atoms with Gasteiger partial charge in [-0.3, -0.25) is 10.1 Å². The normalized spacial score (nSPS) is 24.6. The minimum Gasteiger partial charge on any atom is -0.392 e. The van der Waals surface area contributed by atoms with Crippen LogP contribution in [0.25, 0.3) is 0 Å². The van der Waals surface area contributed by atoms with Crippen LogP contribution < -0.4 is 0 Å². The van der Waals surface area contributed by atoms with Crippen molar-refractivity contribution in [3.05, 3.63) is 39.9 Å². The predicted octanol–water partition coefficient (Wildman–Crippen LogP) is 1.86. The SMILES string of the molecule is O=[N+]([O-])c1cccc(CC2CSCC2O)c1. The van der Waals surface area contributed by atoms with Crippen LogP contribution in [0.5, 0.6) is 0 Å². The molecule has 0 aliphatic carbocycles. The van der Waals surface area contributed by atoms with Crippen LogP contribution in [0.15, 0.2) is 24.3 Å². The third-order valence-corrected chi connectivity index (χ3v) is 4.03. The summed E-state index contributed by atoms with van der Waals surface area (Å²) in [6.45, 7) is 0. The number of aliphatic hydroxyl groups is 1. The molecule has 1 aliphatic rings. The van der Waals surface area contributed by atoms with Gasteiger partial charge in [-0.15, -0.1) is 0 Å². The molecule has 86 valence electrons. The molecule has 1 aliphatic heterocycles. The molecule has 1 aromatic carbocycles. The van der Waals surface area contributed by atoms with Gasteiger partial charge >= 0.3 is 0 Å². The number of hydrogen-bond donors (Lipinski definition) is 1. The number of rotatable bonds is 3. The van der Waals surface area contributed by atoms with Crippen LogP contribution >= 0.6 is 11.8 Å². The van der Waals surface area contributed by atoms with Gasteiger partial charge in [0.15, 0.2) is 0 Å². The predicted molar refractivity (Wildman–Crippen MR) is 63.6 cm³/mol. The lowest BCUT2D eigenvalue weighted by Crippen LogP contribution is -2.19. The second-order valence-electron chi connectivity index (χ2n) is 4.00. The highest BCUT2D eigenvalue weighted by Crippen LogP contribution is 2.28. The van der Waals surface area contributed by atoms with Gasteiger partial charge in [-0.1, -0.05) is 12.1 Å². The molecule has 1 saturated heterocycles. The number of non-ortho nitro benzene ring substituents is 1. The Kier molecular flexibility index (Phi) is 3.46. The van der Waals surface area contributed by atoms with Gasteiger partial charge < -0.3 is 5.11 Å². The lowest BCUT2D eigenvalue weighted by Gasteiger charge is -2.12. The summed E-state index contributed by atoms with van der Waals surface area (Å²) in [7, 11) is 0. The summed E-state index contributed by atoms with van der Waals surface area (Å²) in [6, 6.07) is 6.66. The van der Waals surface area contributed by atoms with Gasteiger partial charge in [0, 0.05) is 17.9 Å². The van der Waals surface area contributed by atoms with Crippen LogP contribution in [0, 0.1) is 16.0 Å². The van der Waals surface area contributed by atoms with E-state index in [4.69, 9.17) is 0 Å². The van der Waals surface area contributed by atoms with E-state index in [1.807, 2.05) is 6.07 Å². The van der Waals surface area contributed by atoms with E-state index in [-0.39, 0.29) is 22.6 Å². The molecule has 1 aromatic rings. The number of hydrogen-bond acceptors (Lipinski definition) is 4. The first-order chi connectivity index (χ1) is 7.66. The average Bonchev–Trinajstić information content (AvgIpc) is 2.65. The van der Waals surface area contributed by atoms with E-state index in [1.165, 1.54) is 6.07 Å². The Labute approximate surface area is 97.8 Å². The minimum absolute atomic E-state index is 0.123. The van der Waals surface area contributed by atoms with Gasteiger partial charge in [0.2, 0.25) is 0 Å². The Morgan fingerprint density at radius 3 is 2.94 bits per heavy atom. The maximum atomic E-state index is 10.6. The highest BCUT2D eigenvalue weighted by atomic mass is 32.2. The van der Waals surface area contributed by atoms with E-state index in [1.54, 1.807) is 23.9 Å². The highest BCUT2D eigenvalue weighted by molar-refractivity contribution is 7.99. The average molecular weight is 239 g/mol. The zero-order valence-electron chi connectivity index (χ0n) is 8.70. The molecule has 4 nitrogen and oxygen atoms in total. The van der Waals surface area contributed by atoms with Gasteiger partial charge in [0.05, 0.1) is 11.0 Å². The first-order valence-electron chi connectivity index (χ1n) is 5.16. The molecular weight excluding hydrogens is 226 g/mol. The van der Waals surface area contributed by atoms with Crippen molar-refractivity contribution in [2.75, 3.05) is 11.5 Å². The molecule has 2 rings (SSSR count). The maximum Gasteiger partial charge on any atom is 0.269 e. The number of nitrogens with zero attached hydrogens (tertiary/aromatic N) is 1. The number of nitro groups is 1. The molecule has 1 fully saturated rings. The molecule has 2 unspecified atom stereocenters. The molecule has 16 heavy (non-hydrogen) atoms. The van der Waals surface area contributed by atoms with Gasteiger partial charge in [0.25, 0.3) is 5.69 Å². The van der Waals surface area contributed by atoms with Crippen LogP contribution in [0.1, 0.15) is 5.56 Å². The zero-order chi connectivity index (χ0) is 11.5. The largest absolute Gasteiger partial charge is 0.392 e. The third kappa shape index (κ3) is 2.54. The Hall–Kier alpha value is -1.07. The van der Waals surface area contributed by atoms with Crippen molar-refractivity contribution in [1.29, 1.82) is 0 Å². The Balaban J connectivity index is 2.09. The second-order valence-corrected chi connectivity index (χ2v) is 5.07. The molecule has 0 saturated carbocycles. The summed E-state index contributed by atoms with van der Waals surface area (Å²) in [5.41, 5.74) is 1.05. The summed E-state index contributed by atoms with van der Waals surface area (Å²) in [5, 5.41) is 20.3. The van der Waals surface area contributed by atoms with E-state index in [0.29, 0.717) is 0 Å². The van der Waals surface area contributed by atoms with Gasteiger partial charge in [-0.25, -0.2) is 0 Å². The highest BCUT2D eigenvalue weighted by Gasteiger charge is 2.26. The summed E-state index contributed by atoms with van der Waals surface area (Å²) in [5.74, 6) is 1.94. The maximum absolute atomic E-state index is 10.6. The van der Waals surface area contributed by atoms with Gasteiger partial charge in [-0.05, 0) is 23.7 Å². The Bertz CT molecular complexity index is 397. The molecule has 5 heteroatoms. The summed E-state index contributed by atoms with van der Waals surface area (Å²) < 4.78 is 0. The van der Waals surface area contributed by atoms with Crippen LogP contribution in [0.3, 0.4) is 0 Å². The summed E-state index contributed by atoms with van der Waals surface area (Å²) in [4.78, 5) is 10.2. The molecule has 2 atom stereocenters. The minimum atomic E-state index is -0.386. The van der Waals surface area contributed by atoms with Crippen LogP contribution in [0.4, 0.5) is 5.69 Å². The number of aliphatic hydroxyl groups excluding tert-OH is 1. The number of nitro benzene ring substituents is 1. The number of benzene rings is 1. The number of thioether (sulfide) groups is 1. The van der Waals surface area contributed by atoms with Crippen LogP contribution in [-0.2, 0) is 6.42 Å². The Morgan fingerprint density at radius 1 is 1.50 bits per heavy atom. The van der Waals surface area contributed by atoms with E-state index in [2.05, 4.69) is 0 Å². The van der Waals surface area contributed by atoms with Gasteiger partial charge in [0.1, 0.15) is 0 Å². The van der Waals surface area contributed by atoms with E-state index in [9.17, 15) is 15.2 Å². The second kappa shape index (κ2) is 4.84. The molecule has 1 N–H and O–H groups in total. The summed E-state index contributed by atoms with van der Waals surface area (Å²) in [6.07, 6.45) is 0.444. The van der Waals surface area contributed by atoms with E-state index >= 15 is 0 Å². The van der Waals surface area contributed by atoms with Gasteiger partial charge in [-0.2, -0.15) is 11.8 Å². The Morgan fingerprint density at radius 2 is 2.31 bits per heavy atom. The van der Waals surface area contributed by atoms with Crippen molar-refractivity contribution in [1.82, 2.24) is 0 Å². The van der Waals surface area contributed by atoms with Crippen molar-refractivity contribution in [3.63, 3.8) is 0 Å². The lowest BCUT2D eigenvalue weighted by atomic mass is 9.96. The van der Waals surface area contributed by atoms with Crippen molar-refractivity contribution < 1.29 is 10.0 Å². The topological polar surface area (TPSA) is 63.4 Å². The summed E-state index contributed by atoms with van der Waals surface area (Å²) >= 11 is 1.74. The monoisotopic (exact) mass is 239 g/mol. The van der Waals surface area contributed by atoms with Crippen LogP contribution in [0.2, 0.25) is 0 Å². The third-order valence-electron chi connectivity index (χ3n) is 2.78. The molecule has 0 radical (unpaired) electrons. The molecule has 1 heterocycles. The van der Waals surface area contributed by atoms with Crippen molar-refractivity contribution in [2.45, 2.75) is 12.5 Å². The lowest BCUT2D eigenvalue weighted by molar-refractivity contribution is -0.384. The fourth-order valence-corrected chi connectivity index (χ4v) is 3.17. The first kappa shape index (κ1) is 11.4. The van der Waals surface area contributed by atoms with E-state index < -0.39 is 0 Å². The van der Waals surface area contributed by atoms with Crippen molar-refractivity contribution in [2.24, 2.45) is 5.92 Å². The molecular formula is C11H13NO3S.